The first kappa shape index (κ1) is 57.2. The van der Waals surface area contributed by atoms with Crippen LogP contribution in [0.25, 0.3) is 0 Å². The van der Waals surface area contributed by atoms with Crippen LogP contribution in [0.4, 0.5) is 0 Å². The van der Waals surface area contributed by atoms with Crippen molar-refractivity contribution in [1.29, 1.82) is 0 Å². The maximum atomic E-state index is 11.0. The number of rotatable bonds is 45. The van der Waals surface area contributed by atoms with Crippen molar-refractivity contribution in [3.8, 4) is 0 Å². The molecule has 0 aromatic heterocycles. The third-order valence-electron chi connectivity index (χ3n) is 10.9. The number of aliphatic hydroxyl groups is 3. The van der Waals surface area contributed by atoms with Crippen molar-refractivity contribution in [2.24, 2.45) is 0 Å². The summed E-state index contributed by atoms with van der Waals surface area (Å²) in [5.74, 6) is 0. The summed E-state index contributed by atoms with van der Waals surface area (Å²) in [5.41, 5.74) is 0. The van der Waals surface area contributed by atoms with E-state index in [4.69, 9.17) is 0 Å². The average molecular weight is 826 g/mol. The van der Waals surface area contributed by atoms with Gasteiger partial charge in [0.2, 0.25) is 0 Å². The minimum absolute atomic E-state index is 0.284. The lowest BCUT2D eigenvalue weighted by molar-refractivity contribution is 0.0564. The maximum Gasteiger partial charge on any atom is 0.0667 e. The van der Waals surface area contributed by atoms with Crippen LogP contribution in [0.5, 0.6) is 0 Å². The van der Waals surface area contributed by atoms with Gasteiger partial charge in [-0.3, -0.25) is 4.90 Å². The van der Waals surface area contributed by atoms with E-state index in [-0.39, 0.29) is 18.3 Å². The smallest absolute Gasteiger partial charge is 0.0667 e. The molecule has 0 amide bonds. The second kappa shape index (κ2) is 47.3. The Bertz CT molecular complexity index is 973. The molecule has 0 aromatic rings. The molecule has 0 spiro atoms. The Balaban J connectivity index is 4.48. The number of likely N-dealkylation sites (N-methyl/N-ethyl adjacent to an activating group) is 1. The second-order valence-corrected chi connectivity index (χ2v) is 17.1. The number of unbranched alkanes of at least 4 members (excludes halogenated alkanes) is 15. The van der Waals surface area contributed by atoms with Crippen LogP contribution < -0.4 is 5.32 Å². The van der Waals surface area contributed by atoms with E-state index in [0.29, 0.717) is 19.6 Å². The fraction of sp³-hybridized carbons (Fsp3) is 0.774. The Morgan fingerprint density at radius 3 is 1.15 bits per heavy atom. The predicted octanol–water partition coefficient (Wildman–Crippen LogP) is 12.8. The van der Waals surface area contributed by atoms with Gasteiger partial charge < -0.3 is 25.5 Å². The van der Waals surface area contributed by atoms with Crippen molar-refractivity contribution in [3.05, 3.63) is 72.9 Å². The molecular weight excluding hydrogens is 727 g/mol. The molecule has 0 heterocycles. The molecule has 0 aliphatic heterocycles. The molecule has 3 unspecified atom stereocenters. The molecule has 4 N–H and O–H groups in total. The molecule has 0 fully saturated rings. The molecule has 3 atom stereocenters. The zero-order valence-corrected chi connectivity index (χ0v) is 39.4. The standard InChI is InChI=1S/C53H99N3O3/c1-5-8-11-14-17-20-23-26-29-32-35-38-41-51(57)48-54-44-45-55(4)46-47-56(49-52(58)42-39-36-33-30-27-24-21-18-15-12-9-6-2)50-53(59)43-40-37-34-31-28-25-22-19-16-13-10-7-3/h11-16,20-25,51-54,57-59H,5-10,17-19,26-50H2,1-4H3/b14-11-,15-12-,16-13-,23-20-,24-21-,25-22-. The predicted molar refractivity (Wildman–Crippen MR) is 261 cm³/mol. The molecule has 0 saturated heterocycles. The van der Waals surface area contributed by atoms with Crippen LogP contribution >= 0.6 is 0 Å². The number of aliphatic hydroxyl groups excluding tert-OH is 3. The minimum atomic E-state index is -0.361. The Hall–Kier alpha value is -1.80. The van der Waals surface area contributed by atoms with E-state index in [1.54, 1.807) is 0 Å². The van der Waals surface area contributed by atoms with Crippen molar-refractivity contribution in [3.63, 3.8) is 0 Å². The first-order valence-corrected chi connectivity index (χ1v) is 25.0. The molecule has 0 bridgehead atoms. The number of nitrogens with zero attached hydrogens (tertiary/aromatic N) is 2. The van der Waals surface area contributed by atoms with Gasteiger partial charge in [-0.05, 0) is 103 Å². The van der Waals surface area contributed by atoms with Crippen molar-refractivity contribution in [1.82, 2.24) is 15.1 Å². The summed E-state index contributed by atoms with van der Waals surface area (Å²) in [5, 5.41) is 36.0. The van der Waals surface area contributed by atoms with Crippen molar-refractivity contribution < 1.29 is 15.3 Å². The summed E-state index contributed by atoms with van der Waals surface area (Å²) >= 11 is 0. The van der Waals surface area contributed by atoms with E-state index < -0.39 is 0 Å². The molecule has 0 saturated carbocycles. The van der Waals surface area contributed by atoms with E-state index >= 15 is 0 Å². The van der Waals surface area contributed by atoms with Crippen LogP contribution in [0.2, 0.25) is 0 Å². The van der Waals surface area contributed by atoms with Gasteiger partial charge in [-0.25, -0.2) is 0 Å². The quantitative estimate of drug-likeness (QED) is 0.0362. The van der Waals surface area contributed by atoms with E-state index in [2.05, 4.69) is 116 Å². The van der Waals surface area contributed by atoms with Crippen LogP contribution in [0, 0.1) is 0 Å². The molecule has 0 rings (SSSR count). The van der Waals surface area contributed by atoms with Crippen LogP contribution in [0.3, 0.4) is 0 Å². The zero-order chi connectivity index (χ0) is 43.1. The molecule has 0 radical (unpaired) electrons. The summed E-state index contributed by atoms with van der Waals surface area (Å²) in [7, 11) is 2.15. The Morgan fingerprint density at radius 2 is 0.763 bits per heavy atom. The molecular formula is C53H99N3O3. The number of hydrogen-bond donors (Lipinski definition) is 4. The van der Waals surface area contributed by atoms with Gasteiger partial charge in [-0.15, -0.1) is 0 Å². The van der Waals surface area contributed by atoms with Gasteiger partial charge >= 0.3 is 0 Å². The van der Waals surface area contributed by atoms with Gasteiger partial charge in [0.15, 0.2) is 0 Å². The molecule has 344 valence electrons. The number of allylic oxidation sites excluding steroid dienone is 12. The Labute approximate surface area is 367 Å². The largest absolute Gasteiger partial charge is 0.392 e. The zero-order valence-electron chi connectivity index (χ0n) is 39.4. The summed E-state index contributed by atoms with van der Waals surface area (Å²) in [6, 6.07) is 0. The highest BCUT2D eigenvalue weighted by molar-refractivity contribution is 4.94. The summed E-state index contributed by atoms with van der Waals surface area (Å²) in [6.45, 7) is 12.0. The van der Waals surface area contributed by atoms with Gasteiger partial charge in [-0.2, -0.15) is 0 Å². The lowest BCUT2D eigenvalue weighted by Crippen LogP contribution is -2.43. The molecule has 6 heteroatoms. The van der Waals surface area contributed by atoms with E-state index in [1.807, 2.05) is 0 Å². The topological polar surface area (TPSA) is 79.2 Å². The lowest BCUT2D eigenvalue weighted by atomic mass is 10.1. The van der Waals surface area contributed by atoms with Crippen molar-refractivity contribution >= 4 is 0 Å². The first-order chi connectivity index (χ1) is 28.9. The van der Waals surface area contributed by atoms with Gasteiger partial charge in [-0.1, -0.05) is 171 Å². The highest BCUT2D eigenvalue weighted by atomic mass is 16.3. The number of nitrogens with one attached hydrogen (secondary N) is 1. The van der Waals surface area contributed by atoms with Gasteiger partial charge in [0.1, 0.15) is 0 Å². The van der Waals surface area contributed by atoms with Crippen LogP contribution in [-0.4, -0.2) is 96.3 Å². The third kappa shape index (κ3) is 45.6. The lowest BCUT2D eigenvalue weighted by Gasteiger charge is -2.29. The van der Waals surface area contributed by atoms with Crippen LogP contribution in [-0.2, 0) is 0 Å². The normalized spacial score (nSPS) is 14.4. The molecule has 0 aliphatic rings. The van der Waals surface area contributed by atoms with Gasteiger partial charge in [0, 0.05) is 45.8 Å². The monoisotopic (exact) mass is 826 g/mol. The summed E-state index contributed by atoms with van der Waals surface area (Å²) in [4.78, 5) is 4.62. The van der Waals surface area contributed by atoms with Crippen LogP contribution in [0.15, 0.2) is 72.9 Å². The van der Waals surface area contributed by atoms with Gasteiger partial charge in [0.05, 0.1) is 18.3 Å². The summed E-state index contributed by atoms with van der Waals surface area (Å²) < 4.78 is 0. The average Bonchev–Trinajstić information content (AvgIpc) is 3.22. The highest BCUT2D eigenvalue weighted by Crippen LogP contribution is 2.13. The third-order valence-corrected chi connectivity index (χ3v) is 10.9. The molecule has 59 heavy (non-hydrogen) atoms. The molecule has 0 aliphatic carbocycles. The molecule has 0 aromatic carbocycles. The maximum absolute atomic E-state index is 11.0. The second-order valence-electron chi connectivity index (χ2n) is 17.1. The van der Waals surface area contributed by atoms with Crippen molar-refractivity contribution in [2.75, 3.05) is 52.9 Å². The Morgan fingerprint density at radius 1 is 0.407 bits per heavy atom. The summed E-state index contributed by atoms with van der Waals surface area (Å²) in [6.07, 6.45) is 56.7. The SMILES string of the molecule is CCC/C=C\C/C=C\CCCCCCC(O)CNCCN(C)CCN(CC(O)CCCCCC/C=C\C/C=C\CCC)CC(O)CCCCCC/C=C\C/C=C\CCC. The molecule has 6 nitrogen and oxygen atoms in total. The van der Waals surface area contributed by atoms with E-state index in [0.717, 1.165) is 116 Å². The minimum Gasteiger partial charge on any atom is -0.392 e. The Kier molecular flexibility index (Phi) is 45.8. The van der Waals surface area contributed by atoms with E-state index in [1.165, 1.54) is 83.5 Å². The van der Waals surface area contributed by atoms with Crippen molar-refractivity contribution in [2.45, 2.75) is 212 Å². The van der Waals surface area contributed by atoms with Gasteiger partial charge in [0.25, 0.3) is 0 Å². The fourth-order valence-corrected chi connectivity index (χ4v) is 7.11. The fourth-order valence-electron chi connectivity index (χ4n) is 7.11. The highest BCUT2D eigenvalue weighted by Gasteiger charge is 2.16. The first-order valence-electron chi connectivity index (χ1n) is 25.0. The number of hydrogen-bond acceptors (Lipinski definition) is 6. The van der Waals surface area contributed by atoms with Crippen LogP contribution in [0.1, 0.15) is 194 Å². The van der Waals surface area contributed by atoms with E-state index in [9.17, 15) is 15.3 Å².